The fraction of sp³-hybridized carbons (Fsp3) is 0.176. The van der Waals surface area contributed by atoms with Gasteiger partial charge in [-0.05, 0) is 23.8 Å². The number of benzene rings is 2. The molecule has 114 valence electrons. The van der Waals surface area contributed by atoms with Gasteiger partial charge in [-0.15, -0.1) is 0 Å². The number of hydrogen-bond donors (Lipinski definition) is 1. The first kappa shape index (κ1) is 16.2. The molecule has 0 saturated heterocycles. The van der Waals surface area contributed by atoms with Crippen molar-refractivity contribution in [2.45, 2.75) is 6.54 Å². The van der Waals surface area contributed by atoms with Crippen molar-refractivity contribution < 1.29 is 9.59 Å². The van der Waals surface area contributed by atoms with Crippen LogP contribution in [0.25, 0.3) is 0 Å². The largest absolute Gasteiger partial charge is 0.337 e. The number of alkyl halides is 1. The molecule has 0 heterocycles. The minimum atomic E-state index is -0.151. The van der Waals surface area contributed by atoms with Gasteiger partial charge in [-0.2, -0.15) is 0 Å². The Morgan fingerprint density at radius 1 is 1.09 bits per heavy atom. The predicted octanol–water partition coefficient (Wildman–Crippen LogP) is 3.29. The van der Waals surface area contributed by atoms with Crippen LogP contribution in [-0.2, 0) is 11.3 Å². The maximum atomic E-state index is 12.5. The zero-order chi connectivity index (χ0) is 15.9. The Balaban J connectivity index is 2.08. The van der Waals surface area contributed by atoms with Crippen LogP contribution in [0.5, 0.6) is 0 Å². The van der Waals surface area contributed by atoms with Gasteiger partial charge in [0.05, 0.1) is 5.33 Å². The molecule has 22 heavy (non-hydrogen) atoms. The van der Waals surface area contributed by atoms with Crippen molar-refractivity contribution in [3.8, 4) is 0 Å². The maximum absolute atomic E-state index is 12.5. The Morgan fingerprint density at radius 2 is 1.82 bits per heavy atom. The third kappa shape index (κ3) is 4.43. The van der Waals surface area contributed by atoms with Crippen LogP contribution in [0.3, 0.4) is 0 Å². The van der Waals surface area contributed by atoms with Gasteiger partial charge in [0.1, 0.15) is 0 Å². The summed E-state index contributed by atoms with van der Waals surface area (Å²) in [6.45, 7) is 0.539. The number of carbonyl (C=O) groups is 2. The lowest BCUT2D eigenvalue weighted by Gasteiger charge is -2.18. The summed E-state index contributed by atoms with van der Waals surface area (Å²) >= 11 is 3.09. The van der Waals surface area contributed by atoms with Crippen molar-refractivity contribution in [1.29, 1.82) is 0 Å². The van der Waals surface area contributed by atoms with E-state index in [1.165, 1.54) is 0 Å². The molecule has 0 spiro atoms. The quantitative estimate of drug-likeness (QED) is 0.831. The second kappa shape index (κ2) is 7.75. The highest BCUT2D eigenvalue weighted by molar-refractivity contribution is 9.09. The van der Waals surface area contributed by atoms with E-state index in [1.54, 1.807) is 36.2 Å². The van der Waals surface area contributed by atoms with E-state index >= 15 is 0 Å². The molecule has 0 aromatic heterocycles. The van der Waals surface area contributed by atoms with Crippen molar-refractivity contribution in [3.63, 3.8) is 0 Å². The van der Waals surface area contributed by atoms with Gasteiger partial charge in [0.2, 0.25) is 5.91 Å². The number of nitrogens with zero attached hydrogens (tertiary/aromatic N) is 1. The SMILES string of the molecule is CN(Cc1ccccc1)C(=O)c1cccc(NC(=O)CBr)c1. The molecule has 2 aromatic rings. The average Bonchev–Trinajstić information content (AvgIpc) is 2.55. The number of carbonyl (C=O) groups excluding carboxylic acids is 2. The van der Waals surface area contributed by atoms with Crippen LogP contribution in [0.4, 0.5) is 5.69 Å². The Labute approximate surface area is 138 Å². The Hall–Kier alpha value is -2.14. The molecule has 2 amide bonds. The zero-order valence-electron chi connectivity index (χ0n) is 12.3. The summed E-state index contributed by atoms with van der Waals surface area (Å²) in [6, 6.07) is 16.8. The average molecular weight is 361 g/mol. The van der Waals surface area contributed by atoms with Crippen molar-refractivity contribution in [2.75, 3.05) is 17.7 Å². The van der Waals surface area contributed by atoms with E-state index < -0.39 is 0 Å². The normalized spacial score (nSPS) is 10.1. The lowest BCUT2D eigenvalue weighted by atomic mass is 10.1. The van der Waals surface area contributed by atoms with Gasteiger partial charge < -0.3 is 10.2 Å². The van der Waals surface area contributed by atoms with Crippen LogP contribution < -0.4 is 5.32 Å². The van der Waals surface area contributed by atoms with Gasteiger partial charge in [0.25, 0.3) is 5.91 Å². The number of anilines is 1. The van der Waals surface area contributed by atoms with E-state index in [0.717, 1.165) is 5.56 Å². The molecule has 0 radical (unpaired) electrons. The molecule has 0 fully saturated rings. The predicted molar refractivity (Wildman–Crippen MR) is 91.1 cm³/mol. The molecular formula is C17H17BrN2O2. The fourth-order valence-corrected chi connectivity index (χ4v) is 2.21. The van der Waals surface area contributed by atoms with Crippen LogP contribution >= 0.6 is 15.9 Å². The van der Waals surface area contributed by atoms with Gasteiger partial charge >= 0.3 is 0 Å². The topological polar surface area (TPSA) is 49.4 Å². The summed E-state index contributed by atoms with van der Waals surface area (Å²) in [4.78, 5) is 25.5. The summed E-state index contributed by atoms with van der Waals surface area (Å²) in [7, 11) is 1.76. The molecule has 2 rings (SSSR count). The number of nitrogens with one attached hydrogen (secondary N) is 1. The summed E-state index contributed by atoms with van der Waals surface area (Å²) in [5.41, 5.74) is 2.23. The van der Waals surface area contributed by atoms with Crippen molar-refractivity contribution in [3.05, 3.63) is 65.7 Å². The molecule has 0 atom stereocenters. The van der Waals surface area contributed by atoms with Crippen LogP contribution in [-0.4, -0.2) is 29.1 Å². The molecule has 2 aromatic carbocycles. The highest BCUT2D eigenvalue weighted by atomic mass is 79.9. The maximum Gasteiger partial charge on any atom is 0.253 e. The first-order chi connectivity index (χ1) is 10.6. The van der Waals surface area contributed by atoms with Crippen molar-refractivity contribution in [1.82, 2.24) is 4.90 Å². The fourth-order valence-electron chi connectivity index (χ4n) is 2.07. The number of rotatable bonds is 5. The van der Waals surface area contributed by atoms with E-state index in [-0.39, 0.29) is 17.1 Å². The third-order valence-electron chi connectivity index (χ3n) is 3.12. The van der Waals surface area contributed by atoms with Gasteiger partial charge in [-0.1, -0.05) is 52.3 Å². The first-order valence-corrected chi connectivity index (χ1v) is 7.97. The van der Waals surface area contributed by atoms with Gasteiger partial charge in [0, 0.05) is 24.8 Å². The Bertz CT molecular complexity index is 659. The van der Waals surface area contributed by atoms with Crippen LogP contribution in [0.2, 0.25) is 0 Å². The molecule has 0 aliphatic heterocycles. The third-order valence-corrected chi connectivity index (χ3v) is 3.63. The lowest BCUT2D eigenvalue weighted by Crippen LogP contribution is -2.26. The Morgan fingerprint density at radius 3 is 2.50 bits per heavy atom. The molecular weight excluding hydrogens is 344 g/mol. The van der Waals surface area contributed by atoms with Crippen LogP contribution in [0, 0.1) is 0 Å². The molecule has 0 aliphatic carbocycles. The van der Waals surface area contributed by atoms with E-state index in [2.05, 4.69) is 21.2 Å². The highest BCUT2D eigenvalue weighted by Gasteiger charge is 2.13. The molecule has 4 nitrogen and oxygen atoms in total. The molecule has 0 unspecified atom stereocenters. The number of hydrogen-bond acceptors (Lipinski definition) is 2. The van der Waals surface area contributed by atoms with E-state index in [0.29, 0.717) is 17.8 Å². The van der Waals surface area contributed by atoms with E-state index in [4.69, 9.17) is 0 Å². The summed E-state index contributed by atoms with van der Waals surface area (Å²) in [6.07, 6.45) is 0. The summed E-state index contributed by atoms with van der Waals surface area (Å²) in [5, 5.41) is 2.94. The minimum absolute atomic E-state index is 0.0844. The minimum Gasteiger partial charge on any atom is -0.337 e. The summed E-state index contributed by atoms with van der Waals surface area (Å²) < 4.78 is 0. The lowest BCUT2D eigenvalue weighted by molar-refractivity contribution is -0.113. The second-order valence-electron chi connectivity index (χ2n) is 4.91. The monoisotopic (exact) mass is 360 g/mol. The smallest absolute Gasteiger partial charge is 0.253 e. The molecule has 0 aliphatic rings. The highest BCUT2D eigenvalue weighted by Crippen LogP contribution is 2.14. The van der Waals surface area contributed by atoms with E-state index in [1.807, 2.05) is 30.3 Å². The number of halogens is 1. The summed E-state index contributed by atoms with van der Waals surface area (Å²) in [5.74, 6) is -0.235. The van der Waals surface area contributed by atoms with Crippen molar-refractivity contribution >= 4 is 33.4 Å². The molecule has 1 N–H and O–H groups in total. The standard InChI is InChI=1S/C17H17BrN2O2/c1-20(12-13-6-3-2-4-7-13)17(22)14-8-5-9-15(10-14)19-16(21)11-18/h2-10H,11-12H2,1H3,(H,19,21). The van der Waals surface area contributed by atoms with Crippen LogP contribution in [0.1, 0.15) is 15.9 Å². The zero-order valence-corrected chi connectivity index (χ0v) is 13.8. The molecule has 0 saturated carbocycles. The van der Waals surface area contributed by atoms with Gasteiger partial charge in [-0.3, -0.25) is 9.59 Å². The molecule has 0 bridgehead atoms. The Kier molecular flexibility index (Phi) is 5.72. The molecule has 5 heteroatoms. The first-order valence-electron chi connectivity index (χ1n) is 6.85. The van der Waals surface area contributed by atoms with Crippen molar-refractivity contribution in [2.24, 2.45) is 0 Å². The van der Waals surface area contributed by atoms with Crippen LogP contribution in [0.15, 0.2) is 54.6 Å². The van der Waals surface area contributed by atoms with E-state index in [9.17, 15) is 9.59 Å². The van der Waals surface area contributed by atoms with Gasteiger partial charge in [-0.25, -0.2) is 0 Å². The van der Waals surface area contributed by atoms with Gasteiger partial charge in [0.15, 0.2) is 0 Å². The number of amides is 2. The second-order valence-corrected chi connectivity index (χ2v) is 5.47.